The average Bonchev–Trinajstić information content (AvgIpc) is 2.83. The molecule has 1 aromatic rings. The molecule has 1 saturated heterocycles. The topological polar surface area (TPSA) is 29.1 Å². The van der Waals surface area contributed by atoms with Crippen LogP contribution in [0.1, 0.15) is 31.7 Å². The lowest BCUT2D eigenvalue weighted by Crippen LogP contribution is -2.34. The summed E-state index contributed by atoms with van der Waals surface area (Å²) in [5.74, 6) is -0.138. The molecule has 4 heteroatoms. The van der Waals surface area contributed by atoms with Crippen LogP contribution in [0.5, 0.6) is 0 Å². The molecule has 0 aromatic heterocycles. The molecule has 0 bridgehead atoms. The van der Waals surface area contributed by atoms with Crippen molar-refractivity contribution in [1.29, 1.82) is 0 Å². The first kappa shape index (κ1) is 14.7. The van der Waals surface area contributed by atoms with Gasteiger partial charge in [0.25, 0.3) is 0 Å². The molecule has 1 heterocycles. The third-order valence-electron chi connectivity index (χ3n) is 3.93. The van der Waals surface area contributed by atoms with Crippen LogP contribution in [0.25, 0.3) is 0 Å². The Morgan fingerprint density at radius 1 is 1.53 bits per heavy atom. The summed E-state index contributed by atoms with van der Waals surface area (Å²) in [5.41, 5.74) is 0.212. The standard InChI is InChI=1S/C15H19BrFNO/c1-2-5-15(6-7-18-10-15)14(19)8-11-3-4-12(16)9-13(11)17/h3-4,9,18H,2,5-8,10H2,1H3. The Kier molecular flexibility index (Phi) is 4.74. The molecule has 2 rings (SSSR count). The average molecular weight is 328 g/mol. The predicted octanol–water partition coefficient (Wildman–Crippen LogP) is 3.48. The van der Waals surface area contributed by atoms with Gasteiger partial charge in [0, 0.05) is 22.9 Å². The molecule has 1 aromatic carbocycles. The number of Topliss-reactive ketones (excluding diaryl/α,β-unsaturated/α-hetero) is 1. The molecule has 2 nitrogen and oxygen atoms in total. The summed E-state index contributed by atoms with van der Waals surface area (Å²) in [6.07, 6.45) is 2.94. The Morgan fingerprint density at radius 3 is 2.89 bits per heavy atom. The van der Waals surface area contributed by atoms with Crippen LogP contribution >= 0.6 is 15.9 Å². The molecular formula is C15H19BrFNO. The minimum atomic E-state index is -0.305. The molecule has 1 unspecified atom stereocenters. The summed E-state index contributed by atoms with van der Waals surface area (Å²) < 4.78 is 14.5. The molecule has 1 atom stereocenters. The van der Waals surface area contributed by atoms with E-state index in [1.807, 2.05) is 0 Å². The highest BCUT2D eigenvalue weighted by atomic mass is 79.9. The molecule has 1 aliphatic rings. The number of carbonyl (C=O) groups is 1. The number of halogens is 2. The van der Waals surface area contributed by atoms with Crippen molar-refractivity contribution in [1.82, 2.24) is 5.32 Å². The van der Waals surface area contributed by atoms with E-state index >= 15 is 0 Å². The van der Waals surface area contributed by atoms with Gasteiger partial charge < -0.3 is 5.32 Å². The van der Waals surface area contributed by atoms with Crippen molar-refractivity contribution in [3.63, 3.8) is 0 Å². The molecule has 1 fully saturated rings. The first-order chi connectivity index (χ1) is 9.07. The molecule has 19 heavy (non-hydrogen) atoms. The second-order valence-electron chi connectivity index (χ2n) is 5.29. The third kappa shape index (κ3) is 3.23. The van der Waals surface area contributed by atoms with Gasteiger partial charge in [-0.3, -0.25) is 4.79 Å². The summed E-state index contributed by atoms with van der Waals surface area (Å²) in [5, 5.41) is 3.27. The lowest BCUT2D eigenvalue weighted by atomic mass is 9.76. The van der Waals surface area contributed by atoms with Crippen LogP contribution in [0.15, 0.2) is 22.7 Å². The lowest BCUT2D eigenvalue weighted by Gasteiger charge is -2.26. The largest absolute Gasteiger partial charge is 0.316 e. The fraction of sp³-hybridized carbons (Fsp3) is 0.533. The fourth-order valence-corrected chi connectivity index (χ4v) is 3.17. The van der Waals surface area contributed by atoms with E-state index in [0.29, 0.717) is 10.0 Å². The van der Waals surface area contributed by atoms with Crippen LogP contribution in [0.2, 0.25) is 0 Å². The molecule has 1 N–H and O–H groups in total. The Bertz CT molecular complexity index is 469. The Labute approximate surface area is 121 Å². The van der Waals surface area contributed by atoms with E-state index in [0.717, 1.165) is 32.4 Å². The highest BCUT2D eigenvalue weighted by Crippen LogP contribution is 2.33. The van der Waals surface area contributed by atoms with Crippen LogP contribution in [-0.2, 0) is 11.2 Å². The molecule has 0 radical (unpaired) electrons. The van der Waals surface area contributed by atoms with Gasteiger partial charge >= 0.3 is 0 Å². The second kappa shape index (κ2) is 6.14. The van der Waals surface area contributed by atoms with Crippen LogP contribution in [0.3, 0.4) is 0 Å². The van der Waals surface area contributed by atoms with E-state index in [9.17, 15) is 9.18 Å². The van der Waals surface area contributed by atoms with Crippen molar-refractivity contribution in [2.75, 3.05) is 13.1 Å². The zero-order chi connectivity index (χ0) is 13.9. The van der Waals surface area contributed by atoms with Gasteiger partial charge in [0.2, 0.25) is 0 Å². The molecule has 1 aliphatic heterocycles. The fourth-order valence-electron chi connectivity index (χ4n) is 2.84. The summed E-state index contributed by atoms with van der Waals surface area (Å²) in [6.45, 7) is 3.71. The third-order valence-corrected chi connectivity index (χ3v) is 4.42. The number of hydrogen-bond donors (Lipinski definition) is 1. The first-order valence-corrected chi connectivity index (χ1v) is 7.55. The molecule has 0 amide bonds. The zero-order valence-electron chi connectivity index (χ0n) is 11.1. The maximum atomic E-state index is 13.8. The van der Waals surface area contributed by atoms with Crippen molar-refractivity contribution >= 4 is 21.7 Å². The zero-order valence-corrected chi connectivity index (χ0v) is 12.7. The van der Waals surface area contributed by atoms with Crippen LogP contribution in [0, 0.1) is 11.2 Å². The summed E-state index contributed by atoms with van der Waals surface area (Å²) in [4.78, 5) is 12.5. The Hall–Kier alpha value is -0.740. The van der Waals surface area contributed by atoms with Crippen molar-refractivity contribution in [3.05, 3.63) is 34.1 Å². The first-order valence-electron chi connectivity index (χ1n) is 6.75. The van der Waals surface area contributed by atoms with Gasteiger partial charge in [0.05, 0.1) is 0 Å². The van der Waals surface area contributed by atoms with Gasteiger partial charge in [-0.25, -0.2) is 4.39 Å². The van der Waals surface area contributed by atoms with Gasteiger partial charge in [-0.05, 0) is 37.1 Å². The normalized spacial score (nSPS) is 22.7. The number of hydrogen-bond acceptors (Lipinski definition) is 2. The molecule has 0 saturated carbocycles. The van der Waals surface area contributed by atoms with Crippen LogP contribution < -0.4 is 5.32 Å². The highest BCUT2D eigenvalue weighted by Gasteiger charge is 2.39. The monoisotopic (exact) mass is 327 g/mol. The highest BCUT2D eigenvalue weighted by molar-refractivity contribution is 9.10. The quantitative estimate of drug-likeness (QED) is 0.897. The van der Waals surface area contributed by atoms with E-state index in [4.69, 9.17) is 0 Å². The van der Waals surface area contributed by atoms with Gasteiger partial charge in [0.1, 0.15) is 11.6 Å². The number of carbonyl (C=O) groups excluding carboxylic acids is 1. The smallest absolute Gasteiger partial charge is 0.144 e. The number of rotatable bonds is 5. The lowest BCUT2D eigenvalue weighted by molar-refractivity contribution is -0.127. The Balaban J connectivity index is 2.15. The van der Waals surface area contributed by atoms with Crippen molar-refractivity contribution < 1.29 is 9.18 Å². The van der Waals surface area contributed by atoms with Crippen LogP contribution in [-0.4, -0.2) is 18.9 Å². The van der Waals surface area contributed by atoms with E-state index in [1.54, 1.807) is 12.1 Å². The minimum Gasteiger partial charge on any atom is -0.316 e. The second-order valence-corrected chi connectivity index (χ2v) is 6.21. The number of ketones is 1. The molecule has 104 valence electrons. The molecule has 0 aliphatic carbocycles. The molecular weight excluding hydrogens is 309 g/mol. The maximum Gasteiger partial charge on any atom is 0.144 e. The summed E-state index contributed by atoms with van der Waals surface area (Å²) in [6, 6.07) is 4.90. The van der Waals surface area contributed by atoms with Crippen molar-refractivity contribution in [3.8, 4) is 0 Å². The minimum absolute atomic E-state index is 0.167. The number of benzene rings is 1. The summed E-state index contributed by atoms with van der Waals surface area (Å²) in [7, 11) is 0. The van der Waals surface area contributed by atoms with E-state index in [1.165, 1.54) is 6.07 Å². The van der Waals surface area contributed by atoms with E-state index in [-0.39, 0.29) is 23.4 Å². The number of nitrogens with one attached hydrogen (secondary N) is 1. The van der Waals surface area contributed by atoms with Crippen molar-refractivity contribution in [2.45, 2.75) is 32.6 Å². The van der Waals surface area contributed by atoms with Crippen LogP contribution in [0.4, 0.5) is 4.39 Å². The Morgan fingerprint density at radius 2 is 2.32 bits per heavy atom. The van der Waals surface area contributed by atoms with Gasteiger partial charge in [0.15, 0.2) is 0 Å². The maximum absolute atomic E-state index is 13.8. The van der Waals surface area contributed by atoms with Gasteiger partial charge in [-0.15, -0.1) is 0 Å². The van der Waals surface area contributed by atoms with E-state index < -0.39 is 0 Å². The van der Waals surface area contributed by atoms with E-state index in [2.05, 4.69) is 28.2 Å². The van der Waals surface area contributed by atoms with Gasteiger partial charge in [-0.2, -0.15) is 0 Å². The SMILES string of the molecule is CCCC1(C(=O)Cc2ccc(Br)cc2F)CCNC1. The summed E-state index contributed by atoms with van der Waals surface area (Å²) >= 11 is 3.23. The molecule has 0 spiro atoms. The predicted molar refractivity (Wildman–Crippen MR) is 77.6 cm³/mol. The van der Waals surface area contributed by atoms with Crippen molar-refractivity contribution in [2.24, 2.45) is 5.41 Å². The van der Waals surface area contributed by atoms with Gasteiger partial charge in [-0.1, -0.05) is 35.3 Å².